The van der Waals surface area contributed by atoms with Crippen LogP contribution < -0.4 is 10.1 Å². The lowest BCUT2D eigenvalue weighted by atomic mass is 10.0. The zero-order valence-corrected chi connectivity index (χ0v) is 21.6. The number of hydrogen-bond donors (Lipinski definition) is 1. The maximum Gasteiger partial charge on any atom is 0.261 e. The van der Waals surface area contributed by atoms with Crippen LogP contribution >= 0.6 is 11.3 Å². The van der Waals surface area contributed by atoms with Crippen LogP contribution in [0.2, 0.25) is 0 Å². The highest BCUT2D eigenvalue weighted by Crippen LogP contribution is 2.41. The Morgan fingerprint density at radius 1 is 1.08 bits per heavy atom. The van der Waals surface area contributed by atoms with Gasteiger partial charge in [0.15, 0.2) is 5.06 Å². The third-order valence-electron chi connectivity index (χ3n) is 6.76. The molecule has 0 radical (unpaired) electrons. The number of carbonyl (C=O) groups excluding carboxylic acids is 3. The predicted molar refractivity (Wildman–Crippen MR) is 139 cm³/mol. The Kier molecular flexibility index (Phi) is 6.22. The van der Waals surface area contributed by atoms with Gasteiger partial charge in [-0.25, -0.2) is 8.78 Å². The van der Waals surface area contributed by atoms with Gasteiger partial charge < -0.3 is 10.1 Å². The van der Waals surface area contributed by atoms with Crippen LogP contribution in [0.3, 0.4) is 0 Å². The summed E-state index contributed by atoms with van der Waals surface area (Å²) in [6.45, 7) is 2.74. The second kappa shape index (κ2) is 9.73. The summed E-state index contributed by atoms with van der Waals surface area (Å²) in [5, 5.41) is 7.84. The van der Waals surface area contributed by atoms with Gasteiger partial charge in [0.2, 0.25) is 0 Å². The number of carbonyl (C=O) groups is 3. The summed E-state index contributed by atoms with van der Waals surface area (Å²) in [6, 6.07) is 10.4. The molecule has 0 bridgehead atoms. The number of halogens is 2. The van der Waals surface area contributed by atoms with E-state index in [4.69, 9.17) is 4.74 Å². The summed E-state index contributed by atoms with van der Waals surface area (Å²) in [6.07, 6.45) is 1.75. The first-order valence-electron chi connectivity index (χ1n) is 12.3. The number of nitrogens with zero attached hydrogens (tertiary/aromatic N) is 3. The van der Waals surface area contributed by atoms with Crippen molar-refractivity contribution in [3.8, 4) is 16.3 Å². The summed E-state index contributed by atoms with van der Waals surface area (Å²) in [4.78, 5) is 40.9. The highest BCUT2D eigenvalue weighted by Gasteiger charge is 2.37. The van der Waals surface area contributed by atoms with Crippen molar-refractivity contribution in [2.24, 2.45) is 0 Å². The fourth-order valence-electron chi connectivity index (χ4n) is 5.04. The van der Waals surface area contributed by atoms with Crippen molar-refractivity contribution in [1.82, 2.24) is 20.0 Å². The topological polar surface area (TPSA) is 93.5 Å². The van der Waals surface area contributed by atoms with Crippen molar-refractivity contribution in [3.05, 3.63) is 93.5 Å². The van der Waals surface area contributed by atoms with Gasteiger partial charge in [-0.05, 0) is 54.8 Å². The fraction of sp³-hybridized carbons (Fsp3) is 0.214. The van der Waals surface area contributed by atoms with E-state index in [0.29, 0.717) is 23.1 Å². The first kappa shape index (κ1) is 24.9. The molecule has 2 aliphatic heterocycles. The fourth-order valence-corrected chi connectivity index (χ4v) is 5.98. The first-order valence-corrected chi connectivity index (χ1v) is 13.1. The molecule has 0 saturated carbocycles. The van der Waals surface area contributed by atoms with Gasteiger partial charge in [0, 0.05) is 12.6 Å². The highest BCUT2D eigenvalue weighted by atomic mass is 32.1. The molecule has 11 heteroatoms. The summed E-state index contributed by atoms with van der Waals surface area (Å²) < 4.78 is 35.6. The number of ether oxygens (including phenoxy) is 1. The number of thiophene rings is 1. The molecule has 39 heavy (non-hydrogen) atoms. The molecule has 6 rings (SSSR count). The molecule has 0 fully saturated rings. The number of benzene rings is 2. The van der Waals surface area contributed by atoms with Gasteiger partial charge in [0.25, 0.3) is 17.7 Å². The van der Waals surface area contributed by atoms with Gasteiger partial charge in [-0.3, -0.25) is 24.0 Å². The lowest BCUT2D eigenvalue weighted by Crippen LogP contribution is -2.46. The van der Waals surface area contributed by atoms with E-state index in [9.17, 15) is 23.2 Å². The van der Waals surface area contributed by atoms with Crippen molar-refractivity contribution in [2.45, 2.75) is 25.9 Å². The van der Waals surface area contributed by atoms with E-state index in [-0.39, 0.29) is 29.7 Å². The van der Waals surface area contributed by atoms with Crippen molar-refractivity contribution in [2.75, 3.05) is 13.2 Å². The number of amides is 3. The quantitative estimate of drug-likeness (QED) is 0.364. The molecule has 1 N–H and O–H groups in total. The van der Waals surface area contributed by atoms with Crippen LogP contribution in [0.1, 0.15) is 41.5 Å². The Morgan fingerprint density at radius 3 is 2.46 bits per heavy atom. The SMILES string of the molecule is Cc1cnn2c1-c1cc(C(=O)NC(Cc3cc(F)cc(F)c3)CN3C(=O)c4ccccc4C3=O)sc1OCC2. The molecule has 3 amide bonds. The normalized spacial score (nSPS) is 14.8. The van der Waals surface area contributed by atoms with Crippen LogP contribution in [0.15, 0.2) is 54.7 Å². The van der Waals surface area contributed by atoms with E-state index in [2.05, 4.69) is 10.4 Å². The smallest absolute Gasteiger partial charge is 0.261 e. The molecule has 0 saturated heterocycles. The van der Waals surface area contributed by atoms with Gasteiger partial charge in [-0.2, -0.15) is 5.10 Å². The van der Waals surface area contributed by atoms with Crippen LogP contribution in [0.4, 0.5) is 8.78 Å². The van der Waals surface area contributed by atoms with E-state index < -0.39 is 35.4 Å². The number of aromatic nitrogens is 2. The Balaban J connectivity index is 1.29. The van der Waals surface area contributed by atoms with E-state index in [1.54, 1.807) is 36.5 Å². The third-order valence-corrected chi connectivity index (χ3v) is 7.80. The third kappa shape index (κ3) is 4.59. The molecule has 4 aromatic rings. The molecular formula is C28H22F2N4O4S. The van der Waals surface area contributed by atoms with E-state index >= 15 is 0 Å². The van der Waals surface area contributed by atoms with Crippen LogP contribution in [-0.4, -0.2) is 51.6 Å². The molecule has 2 aromatic heterocycles. The van der Waals surface area contributed by atoms with E-state index in [1.807, 2.05) is 11.6 Å². The van der Waals surface area contributed by atoms with Gasteiger partial charge in [0.05, 0.1) is 46.0 Å². The van der Waals surface area contributed by atoms with Crippen LogP contribution in [0, 0.1) is 18.6 Å². The molecular weight excluding hydrogens is 526 g/mol. The second-order valence-electron chi connectivity index (χ2n) is 9.48. The number of nitrogens with one attached hydrogen (secondary N) is 1. The number of hydrogen-bond acceptors (Lipinski definition) is 6. The summed E-state index contributed by atoms with van der Waals surface area (Å²) >= 11 is 1.18. The Labute approximate surface area is 225 Å². The van der Waals surface area contributed by atoms with Crippen molar-refractivity contribution >= 4 is 29.1 Å². The van der Waals surface area contributed by atoms with Crippen molar-refractivity contribution in [3.63, 3.8) is 0 Å². The molecule has 2 aliphatic rings. The molecule has 1 unspecified atom stereocenters. The average Bonchev–Trinajstić information content (AvgIpc) is 3.51. The Bertz CT molecular complexity index is 1590. The zero-order valence-electron chi connectivity index (χ0n) is 20.7. The lowest BCUT2D eigenvalue weighted by molar-refractivity contribution is 0.0629. The molecule has 1 atom stereocenters. The predicted octanol–water partition coefficient (Wildman–Crippen LogP) is 4.23. The summed E-state index contributed by atoms with van der Waals surface area (Å²) in [7, 11) is 0. The zero-order chi connectivity index (χ0) is 27.3. The monoisotopic (exact) mass is 548 g/mol. The molecule has 0 aliphatic carbocycles. The average molecular weight is 549 g/mol. The van der Waals surface area contributed by atoms with Gasteiger partial charge >= 0.3 is 0 Å². The minimum atomic E-state index is -0.823. The second-order valence-corrected chi connectivity index (χ2v) is 10.5. The maximum atomic E-state index is 13.9. The van der Waals surface area contributed by atoms with Gasteiger partial charge in [-0.15, -0.1) is 0 Å². The number of fused-ring (bicyclic) bond motifs is 4. The minimum absolute atomic E-state index is 0.0126. The summed E-state index contributed by atoms with van der Waals surface area (Å²) in [5.74, 6) is -2.96. The molecule has 2 aromatic carbocycles. The standard InChI is InChI=1S/C28H22F2N4O4S/c1-15-13-31-34-6-7-38-28-22(24(15)34)12-23(39-28)25(35)32-19(10-16-8-17(29)11-18(30)9-16)14-33-26(36)20-4-2-3-5-21(20)27(33)37/h2-5,8-9,11-13,19H,6-7,10,14H2,1H3,(H,32,35). The lowest BCUT2D eigenvalue weighted by Gasteiger charge is -2.24. The van der Waals surface area contributed by atoms with Crippen LogP contribution in [0.5, 0.6) is 5.06 Å². The maximum absolute atomic E-state index is 13.9. The number of imide groups is 1. The van der Waals surface area contributed by atoms with Crippen molar-refractivity contribution in [1.29, 1.82) is 0 Å². The minimum Gasteiger partial charge on any atom is -0.481 e. The number of aryl methyl sites for hydroxylation is 1. The first-order chi connectivity index (χ1) is 18.8. The van der Waals surface area contributed by atoms with Crippen LogP contribution in [-0.2, 0) is 13.0 Å². The van der Waals surface area contributed by atoms with E-state index in [0.717, 1.165) is 39.9 Å². The molecule has 4 heterocycles. The molecule has 8 nitrogen and oxygen atoms in total. The largest absolute Gasteiger partial charge is 0.481 e. The Morgan fingerprint density at radius 2 is 1.77 bits per heavy atom. The van der Waals surface area contributed by atoms with Gasteiger partial charge in [0.1, 0.15) is 18.2 Å². The van der Waals surface area contributed by atoms with Gasteiger partial charge in [-0.1, -0.05) is 23.5 Å². The van der Waals surface area contributed by atoms with Crippen molar-refractivity contribution < 1.29 is 27.9 Å². The summed E-state index contributed by atoms with van der Waals surface area (Å²) in [5.41, 5.74) is 3.39. The number of rotatable bonds is 6. The molecule has 0 spiro atoms. The van der Waals surface area contributed by atoms with Crippen LogP contribution in [0.25, 0.3) is 11.3 Å². The molecule has 198 valence electrons. The Hall–Kier alpha value is -4.38. The van der Waals surface area contributed by atoms with E-state index in [1.165, 1.54) is 11.3 Å². The highest BCUT2D eigenvalue weighted by molar-refractivity contribution is 7.16.